The molecule has 2 aromatic carbocycles. The highest BCUT2D eigenvalue weighted by molar-refractivity contribution is 7.89. The molecule has 2 heterocycles. The van der Waals surface area contributed by atoms with Gasteiger partial charge in [0.05, 0.1) is 29.7 Å². The van der Waals surface area contributed by atoms with Crippen LogP contribution in [0.1, 0.15) is 52.7 Å². The van der Waals surface area contributed by atoms with Crippen molar-refractivity contribution in [1.82, 2.24) is 9.46 Å². The molecule has 9 nitrogen and oxygen atoms in total. The molecule has 1 atom stereocenters. The molecule has 0 radical (unpaired) electrons. The first-order valence-electron chi connectivity index (χ1n) is 10.8. The number of piperidine rings is 1. The molecule has 4 rings (SSSR count). The van der Waals surface area contributed by atoms with E-state index in [0.717, 1.165) is 12.0 Å². The SMILES string of the molecule is COc1ccc(NC(=O)c2cc(C3CCCCN3S(=O)(=O)c3ccc(C#N)cc3)on2)c(C)c1. The van der Waals surface area contributed by atoms with Crippen molar-refractivity contribution in [2.24, 2.45) is 0 Å². The third-order valence-corrected chi connectivity index (χ3v) is 7.74. The second-order valence-corrected chi connectivity index (χ2v) is 9.90. The molecule has 1 aromatic heterocycles. The molecule has 1 aliphatic heterocycles. The minimum absolute atomic E-state index is 0.0616. The number of nitriles is 1. The van der Waals surface area contributed by atoms with E-state index in [9.17, 15) is 13.2 Å². The van der Waals surface area contributed by atoms with Crippen LogP contribution in [0, 0.1) is 18.3 Å². The number of carbonyl (C=O) groups is 1. The third-order valence-electron chi connectivity index (χ3n) is 5.81. The van der Waals surface area contributed by atoms with Crippen LogP contribution < -0.4 is 10.1 Å². The molecule has 1 N–H and O–H groups in total. The summed E-state index contributed by atoms with van der Waals surface area (Å²) in [6.07, 6.45) is 2.07. The van der Waals surface area contributed by atoms with E-state index < -0.39 is 22.0 Å². The fourth-order valence-corrected chi connectivity index (χ4v) is 5.62. The minimum Gasteiger partial charge on any atom is -0.497 e. The van der Waals surface area contributed by atoms with Crippen molar-refractivity contribution in [3.63, 3.8) is 0 Å². The van der Waals surface area contributed by atoms with E-state index in [1.54, 1.807) is 25.3 Å². The van der Waals surface area contributed by atoms with E-state index in [-0.39, 0.29) is 10.6 Å². The molecule has 1 amide bonds. The second kappa shape index (κ2) is 9.67. The molecule has 1 fully saturated rings. The predicted octanol–water partition coefficient (Wildman–Crippen LogP) is 4.03. The maximum atomic E-state index is 13.3. The van der Waals surface area contributed by atoms with Gasteiger partial charge < -0.3 is 14.6 Å². The molecule has 1 aliphatic rings. The monoisotopic (exact) mass is 480 g/mol. The van der Waals surface area contributed by atoms with Gasteiger partial charge in [-0.15, -0.1) is 0 Å². The Labute approximate surface area is 198 Å². The van der Waals surface area contributed by atoms with Crippen LogP contribution >= 0.6 is 0 Å². The molecule has 10 heteroatoms. The Morgan fingerprint density at radius 1 is 1.21 bits per heavy atom. The van der Waals surface area contributed by atoms with E-state index in [4.69, 9.17) is 14.5 Å². The lowest BCUT2D eigenvalue weighted by molar-refractivity contribution is 0.101. The summed E-state index contributed by atoms with van der Waals surface area (Å²) in [5, 5.41) is 15.7. The van der Waals surface area contributed by atoms with Gasteiger partial charge in [0.15, 0.2) is 11.5 Å². The molecular formula is C24H24N4O5S. The summed E-state index contributed by atoms with van der Waals surface area (Å²) in [7, 11) is -2.26. The first-order chi connectivity index (χ1) is 16.3. The van der Waals surface area contributed by atoms with Gasteiger partial charge >= 0.3 is 0 Å². The molecular weight excluding hydrogens is 456 g/mol. The van der Waals surface area contributed by atoms with Crippen LogP contribution in [0.5, 0.6) is 5.75 Å². The number of aryl methyl sites for hydroxylation is 1. The van der Waals surface area contributed by atoms with Crippen molar-refractivity contribution >= 4 is 21.6 Å². The molecule has 0 aliphatic carbocycles. The lowest BCUT2D eigenvalue weighted by Gasteiger charge is -2.33. The van der Waals surface area contributed by atoms with E-state index in [1.807, 2.05) is 13.0 Å². The number of amides is 1. The first-order valence-corrected chi connectivity index (χ1v) is 12.2. The van der Waals surface area contributed by atoms with Crippen LogP contribution in [-0.2, 0) is 10.0 Å². The quantitative estimate of drug-likeness (QED) is 0.564. The largest absolute Gasteiger partial charge is 0.497 e. The standard InChI is InChI=1S/C24H24N4O5S/c1-16-13-18(32-2)8-11-20(16)26-24(29)21-14-23(33-27-21)22-5-3-4-12-28(22)34(30,31)19-9-6-17(15-25)7-10-19/h6-11,13-14,22H,3-5,12H2,1-2H3,(H,26,29). The van der Waals surface area contributed by atoms with Gasteiger partial charge in [0, 0.05) is 18.3 Å². The van der Waals surface area contributed by atoms with Crippen molar-refractivity contribution in [2.75, 3.05) is 19.0 Å². The van der Waals surface area contributed by atoms with E-state index in [1.165, 1.54) is 34.6 Å². The first kappa shape index (κ1) is 23.5. The van der Waals surface area contributed by atoms with Gasteiger partial charge in [-0.2, -0.15) is 9.57 Å². The van der Waals surface area contributed by atoms with Gasteiger partial charge in [0.25, 0.3) is 5.91 Å². The summed E-state index contributed by atoms with van der Waals surface area (Å²) in [6, 6.07) is 14.0. The van der Waals surface area contributed by atoms with E-state index >= 15 is 0 Å². The number of hydrogen-bond acceptors (Lipinski definition) is 7. The van der Waals surface area contributed by atoms with E-state index in [0.29, 0.717) is 42.1 Å². The number of nitrogens with one attached hydrogen (secondary N) is 1. The van der Waals surface area contributed by atoms with Gasteiger partial charge in [-0.05, 0) is 67.8 Å². The number of carbonyl (C=O) groups excluding carboxylic acids is 1. The highest BCUT2D eigenvalue weighted by atomic mass is 32.2. The van der Waals surface area contributed by atoms with Crippen LogP contribution in [0.3, 0.4) is 0 Å². The average molecular weight is 481 g/mol. The van der Waals surface area contributed by atoms with Gasteiger partial charge in [0.1, 0.15) is 5.75 Å². The van der Waals surface area contributed by atoms with E-state index in [2.05, 4.69) is 10.5 Å². The summed E-state index contributed by atoms with van der Waals surface area (Å²) >= 11 is 0. The molecule has 0 saturated carbocycles. The summed E-state index contributed by atoms with van der Waals surface area (Å²) in [5.41, 5.74) is 1.88. The lowest BCUT2D eigenvalue weighted by atomic mass is 10.0. The van der Waals surface area contributed by atoms with Gasteiger partial charge in [-0.25, -0.2) is 8.42 Å². The zero-order chi connectivity index (χ0) is 24.3. The Balaban J connectivity index is 1.56. The highest BCUT2D eigenvalue weighted by Crippen LogP contribution is 2.36. The van der Waals surface area contributed by atoms with Crippen molar-refractivity contribution in [1.29, 1.82) is 5.26 Å². The van der Waals surface area contributed by atoms with Crippen LogP contribution in [0.4, 0.5) is 5.69 Å². The number of nitrogens with zero attached hydrogens (tertiary/aromatic N) is 3. The summed E-state index contributed by atoms with van der Waals surface area (Å²) in [6.45, 7) is 2.17. The molecule has 176 valence electrons. The lowest BCUT2D eigenvalue weighted by Crippen LogP contribution is -2.38. The zero-order valence-corrected chi connectivity index (χ0v) is 19.6. The van der Waals surface area contributed by atoms with Crippen molar-refractivity contribution in [3.05, 3.63) is 71.1 Å². The normalized spacial score (nSPS) is 16.6. The second-order valence-electron chi connectivity index (χ2n) is 8.01. The van der Waals surface area contributed by atoms with Crippen LogP contribution in [0.25, 0.3) is 0 Å². The number of aromatic nitrogens is 1. The zero-order valence-electron chi connectivity index (χ0n) is 18.8. The van der Waals surface area contributed by atoms with Gasteiger partial charge in [0.2, 0.25) is 10.0 Å². The topological polar surface area (TPSA) is 126 Å². The van der Waals surface area contributed by atoms with Crippen LogP contribution in [-0.4, -0.2) is 37.4 Å². The Kier molecular flexibility index (Phi) is 6.68. The number of rotatable bonds is 6. The Bertz CT molecular complexity index is 1340. The number of anilines is 1. The maximum Gasteiger partial charge on any atom is 0.277 e. The summed E-state index contributed by atoms with van der Waals surface area (Å²) in [4.78, 5) is 12.9. The number of ether oxygens (including phenoxy) is 1. The third kappa shape index (κ3) is 4.66. The Morgan fingerprint density at radius 3 is 2.65 bits per heavy atom. The van der Waals surface area contributed by atoms with Crippen molar-refractivity contribution in [2.45, 2.75) is 37.1 Å². The summed E-state index contributed by atoms with van der Waals surface area (Å²) < 4.78 is 38.7. The Hall–Kier alpha value is -3.68. The fourth-order valence-electron chi connectivity index (χ4n) is 3.96. The minimum atomic E-state index is -3.83. The molecule has 0 bridgehead atoms. The number of hydrogen-bond donors (Lipinski definition) is 1. The van der Waals surface area contributed by atoms with Gasteiger partial charge in [-0.3, -0.25) is 4.79 Å². The summed E-state index contributed by atoms with van der Waals surface area (Å²) in [5.74, 6) is 0.536. The number of methoxy groups -OCH3 is 1. The average Bonchev–Trinajstić information content (AvgIpc) is 3.36. The molecule has 1 saturated heterocycles. The smallest absolute Gasteiger partial charge is 0.277 e. The highest BCUT2D eigenvalue weighted by Gasteiger charge is 2.37. The number of benzene rings is 2. The fraction of sp³-hybridized carbons (Fsp3) is 0.292. The maximum absolute atomic E-state index is 13.3. The van der Waals surface area contributed by atoms with Crippen molar-refractivity contribution < 1.29 is 22.5 Å². The van der Waals surface area contributed by atoms with Gasteiger partial charge in [-0.1, -0.05) is 11.6 Å². The predicted molar refractivity (Wildman–Crippen MR) is 124 cm³/mol. The molecule has 3 aromatic rings. The molecule has 34 heavy (non-hydrogen) atoms. The van der Waals surface area contributed by atoms with Crippen LogP contribution in [0.15, 0.2) is 57.9 Å². The van der Waals surface area contributed by atoms with Crippen molar-refractivity contribution in [3.8, 4) is 11.8 Å². The number of sulfonamides is 1. The van der Waals surface area contributed by atoms with Crippen LogP contribution in [0.2, 0.25) is 0 Å². The molecule has 0 spiro atoms. The Morgan fingerprint density at radius 2 is 1.97 bits per heavy atom. The molecule has 1 unspecified atom stereocenters.